The quantitative estimate of drug-likeness (QED) is 0.518. The number of carbonyl (C=O) groups is 1. The van der Waals surface area contributed by atoms with E-state index in [0.717, 1.165) is 37.2 Å². The number of nitrogens with one attached hydrogen (secondary N) is 1. The number of aromatic nitrogens is 3. The molecule has 0 bridgehead atoms. The third-order valence-electron chi connectivity index (χ3n) is 6.26. The Bertz CT molecular complexity index is 1310. The molecule has 1 N–H and O–H groups in total. The summed E-state index contributed by atoms with van der Waals surface area (Å²) in [6, 6.07) is 9.33. The Morgan fingerprint density at radius 1 is 1.20 bits per heavy atom. The van der Waals surface area contributed by atoms with Crippen molar-refractivity contribution in [2.75, 3.05) is 43.6 Å². The number of nitrogens with zero attached hydrogens (tertiary/aromatic N) is 5. The van der Waals surface area contributed by atoms with Gasteiger partial charge < -0.3 is 19.7 Å². The van der Waals surface area contributed by atoms with E-state index < -0.39 is 5.41 Å². The number of ether oxygens (including phenoxy) is 2. The first-order valence-corrected chi connectivity index (χ1v) is 11.6. The number of amides is 1. The molecule has 1 saturated heterocycles. The van der Waals surface area contributed by atoms with E-state index in [2.05, 4.69) is 31.2 Å². The summed E-state index contributed by atoms with van der Waals surface area (Å²) in [5.74, 6) is 0.197. The maximum atomic E-state index is 12.9. The molecule has 1 aliphatic heterocycles. The van der Waals surface area contributed by atoms with Crippen LogP contribution in [0.15, 0.2) is 42.9 Å². The van der Waals surface area contributed by atoms with E-state index >= 15 is 0 Å². The van der Waals surface area contributed by atoms with E-state index in [0.29, 0.717) is 46.8 Å². The van der Waals surface area contributed by atoms with Crippen molar-refractivity contribution in [3.05, 3.63) is 59.3 Å². The van der Waals surface area contributed by atoms with Crippen LogP contribution < -0.4 is 15.0 Å². The number of carbonyl (C=O) groups excluding carboxylic acids is 1. The number of halogens is 1. The molecule has 0 atom stereocenters. The lowest BCUT2D eigenvalue weighted by Crippen LogP contribution is -2.36. The van der Waals surface area contributed by atoms with Crippen LogP contribution in [0.3, 0.4) is 0 Å². The molecule has 0 radical (unpaired) electrons. The van der Waals surface area contributed by atoms with Crippen molar-refractivity contribution in [1.82, 2.24) is 15.0 Å². The Balaban J connectivity index is 1.41. The first-order valence-electron chi connectivity index (χ1n) is 11.2. The van der Waals surface area contributed by atoms with Crippen LogP contribution in [0.4, 0.5) is 11.4 Å². The summed E-state index contributed by atoms with van der Waals surface area (Å²) in [6.45, 7) is 2.71. The van der Waals surface area contributed by atoms with Crippen LogP contribution in [0, 0.1) is 11.3 Å². The third kappa shape index (κ3) is 4.63. The maximum Gasteiger partial charge on any atom is 0.255 e. The first kappa shape index (κ1) is 23.0. The smallest absolute Gasteiger partial charge is 0.255 e. The van der Waals surface area contributed by atoms with Crippen molar-refractivity contribution in [2.24, 2.45) is 0 Å². The number of anilines is 2. The fourth-order valence-electron chi connectivity index (χ4n) is 4.08. The molecule has 178 valence electrons. The molecule has 3 aromatic heterocycles. The SMILES string of the molecule is COc1ncc(-c2cc(NC(=O)c3ccnc(C4(C#N)CC4)c3)cnc2Cl)cc1N1CCOCC1. The van der Waals surface area contributed by atoms with E-state index in [9.17, 15) is 10.1 Å². The molecule has 1 amide bonds. The second-order valence-corrected chi connectivity index (χ2v) is 8.85. The highest BCUT2D eigenvalue weighted by Gasteiger charge is 2.46. The molecule has 35 heavy (non-hydrogen) atoms. The number of rotatable bonds is 6. The van der Waals surface area contributed by atoms with E-state index in [-0.39, 0.29) is 5.91 Å². The predicted octanol–water partition coefficient (Wildman–Crippen LogP) is 3.84. The molecule has 1 saturated carbocycles. The number of pyridine rings is 3. The Labute approximate surface area is 207 Å². The summed E-state index contributed by atoms with van der Waals surface area (Å²) in [4.78, 5) is 28.1. The minimum absolute atomic E-state index is 0.291. The van der Waals surface area contributed by atoms with Gasteiger partial charge in [0.25, 0.3) is 5.91 Å². The van der Waals surface area contributed by atoms with E-state index in [1.807, 2.05) is 6.07 Å². The van der Waals surface area contributed by atoms with Gasteiger partial charge in [-0.25, -0.2) is 9.97 Å². The fraction of sp³-hybridized carbons (Fsp3) is 0.320. The minimum atomic E-state index is -0.565. The van der Waals surface area contributed by atoms with Gasteiger partial charge in [0.05, 0.1) is 49.4 Å². The second-order valence-electron chi connectivity index (χ2n) is 8.49. The van der Waals surface area contributed by atoms with Crippen LogP contribution in [-0.4, -0.2) is 54.3 Å². The predicted molar refractivity (Wildman–Crippen MR) is 131 cm³/mol. The summed E-state index contributed by atoms with van der Waals surface area (Å²) in [5, 5.41) is 12.6. The van der Waals surface area contributed by atoms with Crippen molar-refractivity contribution in [3.63, 3.8) is 0 Å². The van der Waals surface area contributed by atoms with Crippen LogP contribution in [0.25, 0.3) is 11.1 Å². The normalized spacial score (nSPS) is 16.3. The lowest BCUT2D eigenvalue weighted by molar-refractivity contribution is 0.102. The van der Waals surface area contributed by atoms with Crippen LogP contribution in [0.5, 0.6) is 5.88 Å². The summed E-state index contributed by atoms with van der Waals surface area (Å²) < 4.78 is 10.9. The van der Waals surface area contributed by atoms with Gasteiger partial charge >= 0.3 is 0 Å². The summed E-state index contributed by atoms with van der Waals surface area (Å²) >= 11 is 6.43. The Morgan fingerprint density at radius 3 is 2.71 bits per heavy atom. The number of hydrogen-bond donors (Lipinski definition) is 1. The highest BCUT2D eigenvalue weighted by Crippen LogP contribution is 2.46. The van der Waals surface area contributed by atoms with Crippen molar-refractivity contribution < 1.29 is 14.3 Å². The lowest BCUT2D eigenvalue weighted by atomic mass is 10.0. The summed E-state index contributed by atoms with van der Waals surface area (Å²) in [6.07, 6.45) is 6.25. The zero-order chi connectivity index (χ0) is 24.4. The molecule has 5 rings (SSSR count). The van der Waals surface area contributed by atoms with Gasteiger partial charge in [0.2, 0.25) is 5.88 Å². The maximum absolute atomic E-state index is 12.9. The first-order chi connectivity index (χ1) is 17.0. The molecular formula is C25H23ClN6O3. The van der Waals surface area contributed by atoms with Gasteiger partial charge in [-0.15, -0.1) is 0 Å². The number of nitriles is 1. The van der Waals surface area contributed by atoms with Gasteiger partial charge in [-0.2, -0.15) is 5.26 Å². The third-order valence-corrected chi connectivity index (χ3v) is 6.56. The largest absolute Gasteiger partial charge is 0.480 e. The number of methoxy groups -OCH3 is 1. The van der Waals surface area contributed by atoms with Crippen molar-refractivity contribution in [3.8, 4) is 23.1 Å². The standard InChI is InChI=1S/C25H23ClN6O3/c1-34-24-20(32-6-8-35-9-7-32)10-17(13-30-24)19-12-18(14-29-22(19)26)31-23(33)16-2-5-28-21(11-16)25(15-27)3-4-25/h2,5,10-14H,3-4,6-9H2,1H3,(H,31,33). The Morgan fingerprint density at radius 2 is 2.00 bits per heavy atom. The van der Waals surface area contributed by atoms with Gasteiger partial charge in [-0.3, -0.25) is 9.78 Å². The monoisotopic (exact) mass is 490 g/mol. The highest BCUT2D eigenvalue weighted by molar-refractivity contribution is 6.32. The van der Waals surface area contributed by atoms with Crippen LogP contribution in [0.2, 0.25) is 5.15 Å². The number of hydrogen-bond acceptors (Lipinski definition) is 8. The second kappa shape index (κ2) is 9.49. The molecule has 0 unspecified atom stereocenters. The summed E-state index contributed by atoms with van der Waals surface area (Å²) in [7, 11) is 1.59. The molecule has 2 fully saturated rings. The lowest BCUT2D eigenvalue weighted by Gasteiger charge is -2.29. The topological polar surface area (TPSA) is 113 Å². The molecule has 9 nitrogen and oxygen atoms in total. The van der Waals surface area contributed by atoms with Gasteiger partial charge in [0.1, 0.15) is 10.8 Å². The van der Waals surface area contributed by atoms with Crippen molar-refractivity contribution in [2.45, 2.75) is 18.3 Å². The van der Waals surface area contributed by atoms with Gasteiger partial charge in [-0.1, -0.05) is 11.6 Å². The molecule has 10 heteroatoms. The molecule has 3 aromatic rings. The Hall–Kier alpha value is -3.74. The van der Waals surface area contributed by atoms with Crippen LogP contribution >= 0.6 is 11.6 Å². The zero-order valence-corrected chi connectivity index (χ0v) is 19.9. The molecule has 4 heterocycles. The van der Waals surface area contributed by atoms with E-state index in [4.69, 9.17) is 21.1 Å². The number of morpholine rings is 1. The zero-order valence-electron chi connectivity index (χ0n) is 19.1. The highest BCUT2D eigenvalue weighted by atomic mass is 35.5. The average Bonchev–Trinajstić information content (AvgIpc) is 3.71. The van der Waals surface area contributed by atoms with Crippen LogP contribution in [0.1, 0.15) is 28.9 Å². The van der Waals surface area contributed by atoms with Gasteiger partial charge in [0, 0.05) is 42.2 Å². The minimum Gasteiger partial charge on any atom is -0.480 e. The molecule has 0 aromatic carbocycles. The molecule has 1 aliphatic carbocycles. The van der Waals surface area contributed by atoms with E-state index in [1.165, 1.54) is 6.20 Å². The fourth-order valence-corrected chi connectivity index (χ4v) is 4.29. The molecule has 2 aliphatic rings. The van der Waals surface area contributed by atoms with Gasteiger partial charge in [-0.05, 0) is 37.1 Å². The van der Waals surface area contributed by atoms with Crippen molar-refractivity contribution >= 4 is 28.9 Å². The molecular weight excluding hydrogens is 468 g/mol. The van der Waals surface area contributed by atoms with Crippen LogP contribution in [-0.2, 0) is 10.2 Å². The van der Waals surface area contributed by atoms with Gasteiger partial charge in [0.15, 0.2) is 0 Å². The van der Waals surface area contributed by atoms with Crippen molar-refractivity contribution in [1.29, 1.82) is 5.26 Å². The Kier molecular flexibility index (Phi) is 6.24. The molecule has 0 spiro atoms. The average molecular weight is 491 g/mol. The summed E-state index contributed by atoms with van der Waals surface area (Å²) in [5.41, 5.74) is 3.19. The van der Waals surface area contributed by atoms with E-state index in [1.54, 1.807) is 37.7 Å².